The minimum absolute atomic E-state index is 0.206. The predicted octanol–water partition coefficient (Wildman–Crippen LogP) is 3.65. The molecule has 0 saturated carbocycles. The van der Waals surface area contributed by atoms with Crippen LogP contribution in [0.3, 0.4) is 0 Å². The fourth-order valence-electron chi connectivity index (χ4n) is 1.42. The molecular weight excluding hydrogens is 317 g/mol. The number of hydrogen-bond donors (Lipinski definition) is 2. The van der Waals surface area contributed by atoms with Crippen LogP contribution in [0.15, 0.2) is 30.3 Å². The Kier molecular flexibility index (Phi) is 5.05. The summed E-state index contributed by atoms with van der Waals surface area (Å²) in [5.41, 5.74) is 0.570. The fourth-order valence-corrected chi connectivity index (χ4v) is 2.49. The molecule has 3 nitrogen and oxygen atoms in total. The SMILES string of the molecule is O=C(Nc1ccc(Cl)c(Cl)c1)c1ccc(C#CCO)s1. The van der Waals surface area contributed by atoms with Gasteiger partial charge < -0.3 is 10.4 Å². The molecule has 0 bridgehead atoms. The first kappa shape index (κ1) is 14.9. The Bertz CT molecular complexity index is 701. The van der Waals surface area contributed by atoms with Gasteiger partial charge >= 0.3 is 0 Å². The van der Waals surface area contributed by atoms with E-state index in [0.29, 0.717) is 20.6 Å². The van der Waals surface area contributed by atoms with Crippen LogP contribution in [0.25, 0.3) is 0 Å². The highest BCUT2D eigenvalue weighted by Gasteiger charge is 2.09. The van der Waals surface area contributed by atoms with Crippen molar-refractivity contribution in [1.82, 2.24) is 0 Å². The van der Waals surface area contributed by atoms with Crippen LogP contribution >= 0.6 is 34.5 Å². The zero-order valence-electron chi connectivity index (χ0n) is 10.1. The van der Waals surface area contributed by atoms with E-state index in [4.69, 9.17) is 28.3 Å². The van der Waals surface area contributed by atoms with E-state index < -0.39 is 0 Å². The maximum absolute atomic E-state index is 12.0. The van der Waals surface area contributed by atoms with Gasteiger partial charge in [0, 0.05) is 5.69 Å². The minimum atomic E-state index is -0.245. The van der Waals surface area contributed by atoms with Crippen LogP contribution < -0.4 is 5.32 Å². The smallest absolute Gasteiger partial charge is 0.265 e. The van der Waals surface area contributed by atoms with Gasteiger partial charge in [-0.1, -0.05) is 35.0 Å². The molecule has 0 fully saturated rings. The van der Waals surface area contributed by atoms with Gasteiger partial charge in [0.1, 0.15) is 6.61 Å². The highest BCUT2D eigenvalue weighted by atomic mass is 35.5. The Morgan fingerprint density at radius 1 is 1.25 bits per heavy atom. The molecule has 2 aromatic rings. The number of aliphatic hydroxyl groups excluding tert-OH is 1. The Hall–Kier alpha value is -1.51. The van der Waals surface area contributed by atoms with Crippen molar-refractivity contribution in [2.24, 2.45) is 0 Å². The molecule has 1 amide bonds. The van der Waals surface area contributed by atoms with Crippen molar-refractivity contribution in [3.63, 3.8) is 0 Å². The molecule has 0 aliphatic carbocycles. The van der Waals surface area contributed by atoms with Crippen molar-refractivity contribution < 1.29 is 9.90 Å². The maximum atomic E-state index is 12.0. The summed E-state index contributed by atoms with van der Waals surface area (Å²) in [6.07, 6.45) is 0. The van der Waals surface area contributed by atoms with E-state index in [1.54, 1.807) is 30.3 Å². The van der Waals surface area contributed by atoms with E-state index >= 15 is 0 Å². The lowest BCUT2D eigenvalue weighted by atomic mass is 10.3. The number of carbonyl (C=O) groups is 1. The lowest BCUT2D eigenvalue weighted by molar-refractivity contribution is 0.103. The lowest BCUT2D eigenvalue weighted by Crippen LogP contribution is -2.09. The normalized spacial score (nSPS) is 9.75. The molecule has 0 saturated heterocycles. The van der Waals surface area contributed by atoms with Gasteiger partial charge in [-0.3, -0.25) is 4.79 Å². The summed E-state index contributed by atoms with van der Waals surface area (Å²) in [5.74, 6) is 5.04. The van der Waals surface area contributed by atoms with E-state index in [0.717, 1.165) is 4.88 Å². The van der Waals surface area contributed by atoms with Gasteiger partial charge in [-0.25, -0.2) is 0 Å². The van der Waals surface area contributed by atoms with E-state index in [1.165, 1.54) is 11.3 Å². The molecule has 102 valence electrons. The summed E-state index contributed by atoms with van der Waals surface area (Å²) >= 11 is 12.9. The first-order valence-electron chi connectivity index (χ1n) is 5.56. The summed E-state index contributed by atoms with van der Waals surface area (Å²) in [5, 5.41) is 12.2. The minimum Gasteiger partial charge on any atom is -0.384 e. The van der Waals surface area contributed by atoms with Crippen molar-refractivity contribution in [3.05, 3.63) is 50.1 Å². The predicted molar refractivity (Wildman–Crippen MR) is 82.7 cm³/mol. The molecule has 0 aliphatic rings. The zero-order valence-corrected chi connectivity index (χ0v) is 12.4. The number of benzene rings is 1. The molecule has 0 aliphatic heterocycles. The van der Waals surface area contributed by atoms with Crippen LogP contribution in [0.1, 0.15) is 14.5 Å². The molecule has 0 unspecified atom stereocenters. The van der Waals surface area contributed by atoms with Crippen molar-refractivity contribution in [2.45, 2.75) is 0 Å². The molecule has 20 heavy (non-hydrogen) atoms. The van der Waals surface area contributed by atoms with Crippen molar-refractivity contribution in [3.8, 4) is 11.8 Å². The van der Waals surface area contributed by atoms with E-state index in [2.05, 4.69) is 17.2 Å². The highest BCUT2D eigenvalue weighted by molar-refractivity contribution is 7.14. The monoisotopic (exact) mass is 325 g/mol. The topological polar surface area (TPSA) is 49.3 Å². The van der Waals surface area contributed by atoms with Gasteiger partial charge in [0.2, 0.25) is 0 Å². The number of halogens is 2. The third kappa shape index (κ3) is 3.75. The van der Waals surface area contributed by atoms with Gasteiger partial charge in [-0.05, 0) is 30.3 Å². The van der Waals surface area contributed by atoms with Crippen LogP contribution in [0, 0.1) is 11.8 Å². The summed E-state index contributed by atoms with van der Waals surface area (Å²) < 4.78 is 0. The number of amides is 1. The first-order chi connectivity index (χ1) is 9.60. The number of hydrogen-bond acceptors (Lipinski definition) is 3. The summed E-state index contributed by atoms with van der Waals surface area (Å²) in [7, 11) is 0. The molecule has 0 spiro atoms. The molecule has 6 heteroatoms. The Labute approximate surface area is 130 Å². The van der Waals surface area contributed by atoms with E-state index in [9.17, 15) is 4.79 Å². The number of carbonyl (C=O) groups excluding carboxylic acids is 1. The Balaban J connectivity index is 2.11. The van der Waals surface area contributed by atoms with Crippen LogP contribution in [0.2, 0.25) is 10.0 Å². The standard InChI is InChI=1S/C14H9Cl2NO2S/c15-11-5-3-9(8-12(11)16)17-14(19)13-6-4-10(20-13)2-1-7-18/h3-6,8,18H,7H2,(H,17,19). The lowest BCUT2D eigenvalue weighted by Gasteiger charge is -2.04. The molecule has 0 radical (unpaired) electrons. The molecule has 1 aromatic heterocycles. The zero-order chi connectivity index (χ0) is 14.5. The number of rotatable bonds is 2. The van der Waals surface area contributed by atoms with Crippen LogP contribution in [-0.4, -0.2) is 17.6 Å². The molecule has 2 N–H and O–H groups in total. The van der Waals surface area contributed by atoms with E-state index in [1.807, 2.05) is 0 Å². The Morgan fingerprint density at radius 3 is 2.75 bits per heavy atom. The van der Waals surface area contributed by atoms with Crippen molar-refractivity contribution in [2.75, 3.05) is 11.9 Å². The molecule has 2 rings (SSSR count). The van der Waals surface area contributed by atoms with Gasteiger partial charge in [-0.15, -0.1) is 11.3 Å². The van der Waals surface area contributed by atoms with Gasteiger partial charge in [0.05, 0.1) is 19.8 Å². The first-order valence-corrected chi connectivity index (χ1v) is 7.13. The average molecular weight is 326 g/mol. The van der Waals surface area contributed by atoms with Crippen LogP contribution in [0.5, 0.6) is 0 Å². The second-order valence-electron chi connectivity index (χ2n) is 3.71. The third-order valence-corrected chi connectivity index (χ3v) is 4.04. The number of anilines is 1. The molecule has 0 atom stereocenters. The molecular formula is C14H9Cl2NO2S. The second-order valence-corrected chi connectivity index (χ2v) is 5.60. The van der Waals surface area contributed by atoms with Gasteiger partial charge in [-0.2, -0.15) is 0 Å². The fraction of sp³-hybridized carbons (Fsp3) is 0.0714. The van der Waals surface area contributed by atoms with E-state index in [-0.39, 0.29) is 12.5 Å². The third-order valence-electron chi connectivity index (χ3n) is 2.30. The average Bonchev–Trinajstić information content (AvgIpc) is 2.89. The van der Waals surface area contributed by atoms with Crippen molar-refractivity contribution >= 4 is 46.1 Å². The van der Waals surface area contributed by atoms with Gasteiger partial charge in [0.15, 0.2) is 0 Å². The van der Waals surface area contributed by atoms with Crippen molar-refractivity contribution in [1.29, 1.82) is 0 Å². The van der Waals surface area contributed by atoms with Crippen LogP contribution in [-0.2, 0) is 0 Å². The van der Waals surface area contributed by atoms with Crippen LogP contribution in [0.4, 0.5) is 5.69 Å². The molecule has 1 aromatic carbocycles. The summed E-state index contributed by atoms with van der Waals surface area (Å²) in [4.78, 5) is 13.3. The number of aliphatic hydroxyl groups is 1. The number of thiophene rings is 1. The van der Waals surface area contributed by atoms with Gasteiger partial charge in [0.25, 0.3) is 5.91 Å². The second kappa shape index (κ2) is 6.78. The highest BCUT2D eigenvalue weighted by Crippen LogP contribution is 2.25. The summed E-state index contributed by atoms with van der Waals surface area (Å²) in [6, 6.07) is 8.29. The maximum Gasteiger partial charge on any atom is 0.265 e. The number of nitrogens with one attached hydrogen (secondary N) is 1. The quantitative estimate of drug-likeness (QED) is 0.828. The Morgan fingerprint density at radius 2 is 2.05 bits per heavy atom. The summed E-state index contributed by atoms with van der Waals surface area (Å²) in [6.45, 7) is -0.206. The molecule has 1 heterocycles. The largest absolute Gasteiger partial charge is 0.384 e.